The molecular formula is C6H8OS. The second-order valence-electron chi connectivity index (χ2n) is 1.80. The van der Waals surface area contributed by atoms with Gasteiger partial charge in [0.25, 0.3) is 0 Å². The fourth-order valence-corrected chi connectivity index (χ4v) is 0.711. The quantitative estimate of drug-likeness (QED) is 0.528. The van der Waals surface area contributed by atoms with Crippen molar-refractivity contribution in [3.05, 3.63) is 17.6 Å². The zero-order valence-corrected chi connectivity index (χ0v) is 5.83. The Morgan fingerprint density at radius 3 is 2.25 bits per heavy atom. The molecule has 2 heteroatoms. The molecule has 0 amide bonds. The predicted molar refractivity (Wildman–Crippen MR) is 35.4 cm³/mol. The van der Waals surface area contributed by atoms with Gasteiger partial charge in [-0.15, -0.1) is 12.6 Å². The van der Waals surface area contributed by atoms with E-state index in [9.17, 15) is 0 Å². The molecule has 0 aliphatic carbocycles. The average Bonchev–Trinajstić information content (AvgIpc) is 1.98. The van der Waals surface area contributed by atoms with Crippen molar-refractivity contribution in [1.29, 1.82) is 0 Å². The van der Waals surface area contributed by atoms with Gasteiger partial charge in [0.2, 0.25) is 0 Å². The first kappa shape index (κ1) is 5.76. The van der Waals surface area contributed by atoms with Crippen LogP contribution in [0.2, 0.25) is 0 Å². The summed E-state index contributed by atoms with van der Waals surface area (Å²) in [7, 11) is 0. The maximum Gasteiger partial charge on any atom is 0.104 e. The van der Waals surface area contributed by atoms with E-state index < -0.39 is 0 Å². The van der Waals surface area contributed by atoms with E-state index in [1.165, 1.54) is 0 Å². The van der Waals surface area contributed by atoms with Gasteiger partial charge in [-0.05, 0) is 13.8 Å². The summed E-state index contributed by atoms with van der Waals surface area (Å²) < 4.78 is 5.02. The van der Waals surface area contributed by atoms with Crippen molar-refractivity contribution >= 4 is 12.6 Å². The Morgan fingerprint density at radius 1 is 1.50 bits per heavy atom. The van der Waals surface area contributed by atoms with Gasteiger partial charge in [0.05, 0.1) is 0 Å². The van der Waals surface area contributed by atoms with E-state index in [4.69, 9.17) is 4.42 Å². The Hall–Kier alpha value is -0.370. The van der Waals surface area contributed by atoms with Crippen molar-refractivity contribution in [3.63, 3.8) is 0 Å². The molecule has 0 radical (unpaired) electrons. The van der Waals surface area contributed by atoms with Crippen molar-refractivity contribution in [1.82, 2.24) is 0 Å². The minimum absolute atomic E-state index is 0.933. The first-order valence-electron chi connectivity index (χ1n) is 2.45. The number of hydrogen-bond acceptors (Lipinski definition) is 2. The largest absolute Gasteiger partial charge is 0.468 e. The maximum absolute atomic E-state index is 5.02. The van der Waals surface area contributed by atoms with Gasteiger partial charge in [-0.1, -0.05) is 0 Å². The standard InChI is InChI=1S/C6H8OS/c1-4-5(2)7-3-6(4)8/h3,8H,1-2H3. The van der Waals surface area contributed by atoms with Gasteiger partial charge in [0.1, 0.15) is 12.0 Å². The van der Waals surface area contributed by atoms with Gasteiger partial charge in [0, 0.05) is 10.5 Å². The Balaban J connectivity index is 3.19. The molecule has 0 unspecified atom stereocenters. The lowest BCUT2D eigenvalue weighted by molar-refractivity contribution is 0.528. The Bertz CT molecular complexity index is 171. The fraction of sp³-hybridized carbons (Fsp3) is 0.333. The van der Waals surface area contributed by atoms with E-state index in [1.807, 2.05) is 13.8 Å². The van der Waals surface area contributed by atoms with Gasteiger partial charge in [0.15, 0.2) is 0 Å². The predicted octanol–water partition coefficient (Wildman–Crippen LogP) is 2.19. The zero-order chi connectivity index (χ0) is 6.15. The van der Waals surface area contributed by atoms with E-state index in [1.54, 1.807) is 6.26 Å². The van der Waals surface area contributed by atoms with Crippen molar-refractivity contribution in [2.24, 2.45) is 0 Å². The van der Waals surface area contributed by atoms with Crippen LogP contribution in [0.1, 0.15) is 11.3 Å². The molecule has 0 saturated heterocycles. The molecule has 8 heavy (non-hydrogen) atoms. The van der Waals surface area contributed by atoms with Crippen LogP contribution in [0.15, 0.2) is 15.6 Å². The molecule has 1 nitrogen and oxygen atoms in total. The molecule has 1 aromatic rings. The molecule has 0 saturated carbocycles. The number of aryl methyl sites for hydroxylation is 1. The summed E-state index contributed by atoms with van der Waals surface area (Å²) in [6, 6.07) is 0. The van der Waals surface area contributed by atoms with Gasteiger partial charge in [-0.25, -0.2) is 0 Å². The van der Waals surface area contributed by atoms with Gasteiger partial charge < -0.3 is 4.42 Å². The highest BCUT2D eigenvalue weighted by molar-refractivity contribution is 7.80. The van der Waals surface area contributed by atoms with Crippen molar-refractivity contribution in [2.45, 2.75) is 18.7 Å². The van der Waals surface area contributed by atoms with Crippen molar-refractivity contribution in [3.8, 4) is 0 Å². The first-order valence-corrected chi connectivity index (χ1v) is 2.90. The third-order valence-corrected chi connectivity index (χ3v) is 1.70. The van der Waals surface area contributed by atoms with E-state index >= 15 is 0 Å². The van der Waals surface area contributed by atoms with E-state index in [-0.39, 0.29) is 0 Å². The number of rotatable bonds is 0. The van der Waals surface area contributed by atoms with Crippen LogP contribution in [0.25, 0.3) is 0 Å². The monoisotopic (exact) mass is 128 g/mol. The molecule has 0 bridgehead atoms. The SMILES string of the molecule is Cc1occ(S)c1C. The summed E-state index contributed by atoms with van der Waals surface area (Å²) in [4.78, 5) is 0.933. The van der Waals surface area contributed by atoms with E-state index in [0.717, 1.165) is 16.2 Å². The Morgan fingerprint density at radius 2 is 2.12 bits per heavy atom. The summed E-state index contributed by atoms with van der Waals surface area (Å²) in [5, 5.41) is 0. The highest BCUT2D eigenvalue weighted by Crippen LogP contribution is 2.17. The molecule has 1 heterocycles. The topological polar surface area (TPSA) is 13.1 Å². The van der Waals surface area contributed by atoms with Crippen LogP contribution < -0.4 is 0 Å². The van der Waals surface area contributed by atoms with Crippen LogP contribution in [-0.4, -0.2) is 0 Å². The highest BCUT2D eigenvalue weighted by atomic mass is 32.1. The average molecular weight is 128 g/mol. The smallest absolute Gasteiger partial charge is 0.104 e. The Labute approximate surface area is 54.1 Å². The second-order valence-corrected chi connectivity index (χ2v) is 2.28. The summed E-state index contributed by atoms with van der Waals surface area (Å²) in [5.74, 6) is 0.954. The van der Waals surface area contributed by atoms with Crippen LogP contribution in [-0.2, 0) is 0 Å². The number of hydrogen-bond donors (Lipinski definition) is 1. The van der Waals surface area contributed by atoms with Gasteiger partial charge in [-0.2, -0.15) is 0 Å². The normalized spacial score (nSPS) is 9.88. The minimum Gasteiger partial charge on any atom is -0.468 e. The van der Waals surface area contributed by atoms with Crippen molar-refractivity contribution in [2.75, 3.05) is 0 Å². The van der Waals surface area contributed by atoms with Crippen LogP contribution in [0, 0.1) is 13.8 Å². The van der Waals surface area contributed by atoms with Crippen LogP contribution in [0.3, 0.4) is 0 Å². The number of furan rings is 1. The highest BCUT2D eigenvalue weighted by Gasteiger charge is 1.98. The first-order chi connectivity index (χ1) is 3.72. The summed E-state index contributed by atoms with van der Waals surface area (Å²) in [5.41, 5.74) is 1.13. The number of thiol groups is 1. The molecule has 0 spiro atoms. The lowest BCUT2D eigenvalue weighted by Gasteiger charge is -1.83. The van der Waals surface area contributed by atoms with Crippen molar-refractivity contribution < 1.29 is 4.42 Å². The lowest BCUT2D eigenvalue weighted by atomic mass is 10.3. The molecule has 0 fully saturated rings. The maximum atomic E-state index is 5.02. The molecule has 44 valence electrons. The third kappa shape index (κ3) is 0.757. The van der Waals surface area contributed by atoms with Crippen LogP contribution in [0.5, 0.6) is 0 Å². The molecule has 0 N–H and O–H groups in total. The molecule has 1 rings (SSSR count). The third-order valence-electron chi connectivity index (χ3n) is 1.26. The van der Waals surface area contributed by atoms with Crippen LogP contribution in [0.4, 0.5) is 0 Å². The second kappa shape index (κ2) is 1.86. The molecule has 1 aromatic heterocycles. The summed E-state index contributed by atoms with van der Waals surface area (Å²) in [6.07, 6.45) is 1.65. The van der Waals surface area contributed by atoms with E-state index in [0.29, 0.717) is 0 Å². The van der Waals surface area contributed by atoms with Gasteiger partial charge >= 0.3 is 0 Å². The Kier molecular flexibility index (Phi) is 1.34. The van der Waals surface area contributed by atoms with E-state index in [2.05, 4.69) is 12.6 Å². The minimum atomic E-state index is 0.933. The molecule has 0 aromatic carbocycles. The lowest BCUT2D eigenvalue weighted by Crippen LogP contribution is -1.67. The summed E-state index contributed by atoms with van der Waals surface area (Å²) >= 11 is 4.12. The molecule has 0 aliphatic rings. The fourth-order valence-electron chi connectivity index (χ4n) is 0.501. The summed E-state index contributed by atoms with van der Waals surface area (Å²) in [6.45, 7) is 3.91. The van der Waals surface area contributed by atoms with Crippen LogP contribution >= 0.6 is 12.6 Å². The van der Waals surface area contributed by atoms with Gasteiger partial charge in [-0.3, -0.25) is 0 Å². The molecule has 0 aliphatic heterocycles. The molecular weight excluding hydrogens is 120 g/mol. The molecule has 0 atom stereocenters. The zero-order valence-electron chi connectivity index (χ0n) is 4.93.